The number of benzene rings is 2. The second-order valence-corrected chi connectivity index (χ2v) is 9.03. The van der Waals surface area contributed by atoms with E-state index in [4.69, 9.17) is 13.9 Å². The zero-order chi connectivity index (χ0) is 25.7. The van der Waals surface area contributed by atoms with E-state index in [1.54, 1.807) is 17.9 Å². The number of amides is 1. The van der Waals surface area contributed by atoms with Crippen LogP contribution in [0.1, 0.15) is 25.3 Å². The molecule has 0 aliphatic carbocycles. The lowest BCUT2D eigenvalue weighted by Gasteiger charge is -2.34. The maximum absolute atomic E-state index is 13.4. The number of ether oxygens (including phenoxy) is 2. The van der Waals surface area contributed by atoms with Gasteiger partial charge in [0.25, 0.3) is 0 Å². The smallest absolute Gasteiger partial charge is 0.336 e. The lowest BCUT2D eigenvalue weighted by Crippen LogP contribution is -2.50. The van der Waals surface area contributed by atoms with Crippen LogP contribution in [0.3, 0.4) is 0 Å². The van der Waals surface area contributed by atoms with Gasteiger partial charge in [-0.25, -0.2) is 4.79 Å². The monoisotopic (exact) mass is 492 g/mol. The average molecular weight is 493 g/mol. The molecule has 36 heavy (non-hydrogen) atoms. The second-order valence-electron chi connectivity index (χ2n) is 9.03. The Bertz CT molecular complexity index is 1300. The van der Waals surface area contributed by atoms with Crippen molar-refractivity contribution in [3.05, 3.63) is 64.5 Å². The van der Waals surface area contributed by atoms with E-state index in [2.05, 4.69) is 5.32 Å². The van der Waals surface area contributed by atoms with Gasteiger partial charge in [0.2, 0.25) is 5.91 Å². The molecule has 1 N–H and O–H groups in total. The summed E-state index contributed by atoms with van der Waals surface area (Å²) < 4.78 is 16.0. The number of esters is 1. The van der Waals surface area contributed by atoms with E-state index in [9.17, 15) is 14.4 Å². The Morgan fingerprint density at radius 2 is 1.97 bits per heavy atom. The highest BCUT2D eigenvalue weighted by atomic mass is 16.5. The number of carbonyl (C=O) groups excluding carboxylic acids is 2. The molecule has 8 heteroatoms. The molecule has 4 rings (SSSR count). The van der Waals surface area contributed by atoms with Gasteiger partial charge in [-0.1, -0.05) is 24.3 Å². The maximum atomic E-state index is 13.4. The van der Waals surface area contributed by atoms with Crippen LogP contribution in [0.15, 0.2) is 57.7 Å². The summed E-state index contributed by atoms with van der Waals surface area (Å²) in [5, 5.41) is 4.04. The van der Waals surface area contributed by atoms with Crippen molar-refractivity contribution in [3.8, 4) is 11.1 Å². The molecule has 190 valence electrons. The van der Waals surface area contributed by atoms with E-state index in [0.29, 0.717) is 37.4 Å². The van der Waals surface area contributed by atoms with Crippen LogP contribution in [0.4, 0.5) is 5.69 Å². The fraction of sp³-hybridized carbons (Fsp3) is 0.393. The normalized spacial score (nSPS) is 16.5. The number of methoxy groups -OCH3 is 1. The molecule has 1 amide bonds. The summed E-state index contributed by atoms with van der Waals surface area (Å²) in [7, 11) is 1.54. The first-order chi connectivity index (χ1) is 17.4. The van der Waals surface area contributed by atoms with Gasteiger partial charge >= 0.3 is 11.6 Å². The summed E-state index contributed by atoms with van der Waals surface area (Å²) in [4.78, 5) is 39.7. The molecule has 2 atom stereocenters. The number of anilines is 1. The first-order valence-electron chi connectivity index (χ1n) is 12.3. The van der Waals surface area contributed by atoms with Gasteiger partial charge in [0.1, 0.15) is 11.6 Å². The quantitative estimate of drug-likeness (QED) is 0.375. The van der Waals surface area contributed by atoms with Gasteiger partial charge in [0.15, 0.2) is 0 Å². The molecule has 0 unspecified atom stereocenters. The van der Waals surface area contributed by atoms with Gasteiger partial charge in [0, 0.05) is 49.0 Å². The van der Waals surface area contributed by atoms with Crippen molar-refractivity contribution in [3.63, 3.8) is 0 Å². The van der Waals surface area contributed by atoms with E-state index in [0.717, 1.165) is 28.5 Å². The van der Waals surface area contributed by atoms with Crippen molar-refractivity contribution in [1.29, 1.82) is 0 Å². The van der Waals surface area contributed by atoms with Gasteiger partial charge in [0.05, 0.1) is 19.1 Å². The van der Waals surface area contributed by atoms with Crippen LogP contribution in [0, 0.1) is 12.8 Å². The highest BCUT2D eigenvalue weighted by molar-refractivity contribution is 5.96. The highest BCUT2D eigenvalue weighted by Crippen LogP contribution is 2.31. The topological polar surface area (TPSA) is 98.1 Å². The number of rotatable bonds is 8. The first kappa shape index (κ1) is 25.4. The van der Waals surface area contributed by atoms with E-state index >= 15 is 0 Å². The summed E-state index contributed by atoms with van der Waals surface area (Å²) in [5.41, 5.74) is 3.43. The summed E-state index contributed by atoms with van der Waals surface area (Å²) in [6, 6.07) is 14.2. The molecular formula is C28H32N2O6. The summed E-state index contributed by atoms with van der Waals surface area (Å²) in [6.07, 6.45) is 1.44. The number of fused-ring (bicyclic) bond motifs is 1. The maximum Gasteiger partial charge on any atom is 0.336 e. The minimum atomic E-state index is -0.667. The predicted octanol–water partition coefficient (Wildman–Crippen LogP) is 4.00. The molecule has 8 nitrogen and oxygen atoms in total. The third kappa shape index (κ3) is 5.60. The molecule has 1 fully saturated rings. The van der Waals surface area contributed by atoms with E-state index in [-0.39, 0.29) is 24.4 Å². The van der Waals surface area contributed by atoms with Crippen molar-refractivity contribution in [2.24, 2.45) is 5.92 Å². The van der Waals surface area contributed by atoms with E-state index in [1.807, 2.05) is 43.3 Å². The number of carbonyl (C=O) groups is 2. The van der Waals surface area contributed by atoms with Crippen LogP contribution in [-0.2, 0) is 19.1 Å². The van der Waals surface area contributed by atoms with Crippen LogP contribution < -0.4 is 10.9 Å². The molecule has 2 aromatic carbocycles. The van der Waals surface area contributed by atoms with Gasteiger partial charge < -0.3 is 24.1 Å². The van der Waals surface area contributed by atoms with Crippen molar-refractivity contribution >= 4 is 28.5 Å². The van der Waals surface area contributed by atoms with Crippen LogP contribution in [0.5, 0.6) is 0 Å². The van der Waals surface area contributed by atoms with Crippen molar-refractivity contribution < 1.29 is 23.5 Å². The number of aryl methyl sites for hydroxylation is 1. The van der Waals surface area contributed by atoms with Gasteiger partial charge in [-0.3, -0.25) is 9.59 Å². The summed E-state index contributed by atoms with van der Waals surface area (Å²) in [6.45, 7) is 5.14. The molecule has 0 radical (unpaired) electrons. The largest absolute Gasteiger partial charge is 0.466 e. The van der Waals surface area contributed by atoms with E-state index < -0.39 is 11.7 Å². The van der Waals surface area contributed by atoms with E-state index in [1.165, 1.54) is 13.2 Å². The minimum absolute atomic E-state index is 0.143. The average Bonchev–Trinajstić information content (AvgIpc) is 2.88. The number of nitrogens with one attached hydrogen (secondary N) is 1. The number of nitrogens with zero attached hydrogens (tertiary/aromatic N) is 1. The van der Waals surface area contributed by atoms with Crippen LogP contribution >= 0.6 is 0 Å². The number of likely N-dealkylation sites (tertiary alicyclic amines) is 1. The summed E-state index contributed by atoms with van der Waals surface area (Å²) >= 11 is 0. The van der Waals surface area contributed by atoms with Crippen molar-refractivity contribution in [1.82, 2.24) is 4.90 Å². The number of hydrogen-bond donors (Lipinski definition) is 1. The Morgan fingerprint density at radius 3 is 2.72 bits per heavy atom. The van der Waals surface area contributed by atoms with Crippen molar-refractivity contribution in [2.75, 3.05) is 38.7 Å². The van der Waals surface area contributed by atoms with Crippen molar-refractivity contribution in [2.45, 2.75) is 32.7 Å². The number of hydrogen-bond acceptors (Lipinski definition) is 7. The highest BCUT2D eigenvalue weighted by Gasteiger charge is 2.32. The van der Waals surface area contributed by atoms with Gasteiger partial charge in [-0.2, -0.15) is 0 Å². The molecule has 1 aromatic heterocycles. The fourth-order valence-corrected chi connectivity index (χ4v) is 4.74. The molecule has 1 aliphatic rings. The predicted molar refractivity (Wildman–Crippen MR) is 138 cm³/mol. The lowest BCUT2D eigenvalue weighted by molar-refractivity contribution is -0.151. The minimum Gasteiger partial charge on any atom is -0.466 e. The Morgan fingerprint density at radius 1 is 1.17 bits per heavy atom. The second kappa shape index (κ2) is 11.4. The summed E-state index contributed by atoms with van der Waals surface area (Å²) in [5.74, 6) is -0.734. The fourth-order valence-electron chi connectivity index (χ4n) is 4.74. The molecule has 1 saturated heterocycles. The SMILES string of the molecule is CCOC(=O)[C@H]1CCCN(C(=O)[C@H](COC)Nc2ccc3c(-c4ccccc4C)cc(=O)oc3c2)C1. The molecule has 0 saturated carbocycles. The third-order valence-electron chi connectivity index (χ3n) is 6.51. The van der Waals surface area contributed by atoms with Gasteiger partial charge in [-0.05, 0) is 49.9 Å². The number of piperidine rings is 1. The zero-order valence-corrected chi connectivity index (χ0v) is 20.9. The van der Waals surface area contributed by atoms with Gasteiger partial charge in [-0.15, -0.1) is 0 Å². The Hall–Kier alpha value is -3.65. The first-order valence-corrected chi connectivity index (χ1v) is 12.3. The molecule has 2 heterocycles. The molecule has 3 aromatic rings. The lowest BCUT2D eigenvalue weighted by atomic mass is 9.97. The molecular weight excluding hydrogens is 460 g/mol. The standard InChI is InChI=1S/C28H32N2O6/c1-4-35-28(33)19-9-7-13-30(16-19)27(32)24(17-34-3)29-20-11-12-22-23(15-26(31)36-25(22)14-20)21-10-6-5-8-18(21)2/h5-6,8,10-12,14-15,19,24,29H,4,7,9,13,16-17H2,1-3H3/t19-,24-/m0/s1. The van der Waals surface area contributed by atoms with Crippen LogP contribution in [0.2, 0.25) is 0 Å². The molecule has 0 spiro atoms. The Balaban J connectivity index is 1.58. The van der Waals surface area contributed by atoms with Crippen LogP contribution in [-0.4, -0.2) is 56.2 Å². The Kier molecular flexibility index (Phi) is 8.05. The molecule has 0 bridgehead atoms. The third-order valence-corrected chi connectivity index (χ3v) is 6.51. The molecule has 1 aliphatic heterocycles. The zero-order valence-electron chi connectivity index (χ0n) is 20.9. The van der Waals surface area contributed by atoms with Crippen LogP contribution in [0.25, 0.3) is 22.1 Å². The Labute approximate surface area is 210 Å².